The van der Waals surface area contributed by atoms with Crippen LogP contribution in [-0.4, -0.2) is 35.2 Å². The van der Waals surface area contributed by atoms with Gasteiger partial charge in [0.2, 0.25) is 5.91 Å². The van der Waals surface area contributed by atoms with Crippen LogP contribution in [0.4, 0.5) is 0 Å². The fourth-order valence-electron chi connectivity index (χ4n) is 3.10. The molecule has 0 aliphatic heterocycles. The average Bonchev–Trinajstić information content (AvgIpc) is 2.73. The molecule has 1 heterocycles. The minimum Gasteiger partial charge on any atom is -0.381 e. The molecule has 1 amide bonds. The Morgan fingerprint density at radius 1 is 1.00 bits per heavy atom. The first kappa shape index (κ1) is 20.5. The van der Waals surface area contributed by atoms with Gasteiger partial charge in [-0.3, -0.25) is 19.1 Å². The van der Waals surface area contributed by atoms with Gasteiger partial charge in [0, 0.05) is 26.1 Å². The van der Waals surface area contributed by atoms with Gasteiger partial charge in [0.05, 0.1) is 17.5 Å². The minimum absolute atomic E-state index is 0.142. The van der Waals surface area contributed by atoms with Crippen LogP contribution in [0.3, 0.4) is 0 Å². The summed E-state index contributed by atoms with van der Waals surface area (Å²) in [6.07, 6.45) is 1.75. The van der Waals surface area contributed by atoms with Gasteiger partial charge in [0.1, 0.15) is 0 Å². The maximum Gasteiger partial charge on any atom is 0.328 e. The molecule has 29 heavy (non-hydrogen) atoms. The molecule has 2 aromatic carbocycles. The average molecular weight is 395 g/mol. The van der Waals surface area contributed by atoms with E-state index in [0.29, 0.717) is 30.7 Å². The highest BCUT2D eigenvalue weighted by Crippen LogP contribution is 2.07. The van der Waals surface area contributed by atoms with Crippen molar-refractivity contribution in [2.75, 3.05) is 19.8 Å². The molecule has 0 radical (unpaired) electrons. The van der Waals surface area contributed by atoms with Crippen molar-refractivity contribution >= 4 is 16.8 Å². The SMILES string of the molecule is O=C(CCn1c(=O)[nH]c(=O)c2ccccc21)NCCCOCCc1ccccc1. The summed E-state index contributed by atoms with van der Waals surface area (Å²) in [6, 6.07) is 17.0. The number of aromatic amines is 1. The van der Waals surface area contributed by atoms with E-state index in [1.54, 1.807) is 24.3 Å². The Labute approximate surface area is 168 Å². The Hall–Kier alpha value is -3.19. The molecular weight excluding hydrogens is 370 g/mol. The number of benzene rings is 2. The van der Waals surface area contributed by atoms with Crippen LogP contribution in [0.1, 0.15) is 18.4 Å². The summed E-state index contributed by atoms with van der Waals surface area (Å²) in [7, 11) is 0. The number of ether oxygens (including phenoxy) is 1. The number of aryl methyl sites for hydroxylation is 1. The molecule has 0 aliphatic carbocycles. The monoisotopic (exact) mass is 395 g/mol. The number of H-pyrrole nitrogens is 1. The largest absolute Gasteiger partial charge is 0.381 e. The van der Waals surface area contributed by atoms with Crippen molar-refractivity contribution in [3.05, 3.63) is 81.0 Å². The number of rotatable bonds is 10. The van der Waals surface area contributed by atoms with Gasteiger partial charge in [-0.1, -0.05) is 42.5 Å². The van der Waals surface area contributed by atoms with Crippen LogP contribution < -0.4 is 16.6 Å². The topological polar surface area (TPSA) is 93.2 Å². The Morgan fingerprint density at radius 3 is 2.59 bits per heavy atom. The molecule has 3 aromatic rings. The summed E-state index contributed by atoms with van der Waals surface area (Å²) in [4.78, 5) is 38.3. The van der Waals surface area contributed by atoms with Crippen molar-refractivity contribution in [1.82, 2.24) is 14.9 Å². The maximum absolute atomic E-state index is 12.1. The van der Waals surface area contributed by atoms with Crippen molar-refractivity contribution in [3.8, 4) is 0 Å². The Balaban J connectivity index is 1.37. The van der Waals surface area contributed by atoms with Gasteiger partial charge in [-0.2, -0.15) is 0 Å². The zero-order chi connectivity index (χ0) is 20.5. The number of nitrogens with one attached hydrogen (secondary N) is 2. The van der Waals surface area contributed by atoms with Crippen LogP contribution in [-0.2, 0) is 22.5 Å². The molecule has 7 heteroatoms. The van der Waals surface area contributed by atoms with Crippen LogP contribution in [0.25, 0.3) is 10.9 Å². The van der Waals surface area contributed by atoms with E-state index in [-0.39, 0.29) is 18.9 Å². The molecule has 7 nitrogen and oxygen atoms in total. The van der Waals surface area contributed by atoms with Gasteiger partial charge in [-0.25, -0.2) is 4.79 Å². The number of carbonyl (C=O) groups excluding carboxylic acids is 1. The fraction of sp³-hybridized carbons (Fsp3) is 0.318. The van der Waals surface area contributed by atoms with Gasteiger partial charge in [-0.05, 0) is 30.5 Å². The number of aromatic nitrogens is 2. The van der Waals surface area contributed by atoms with Crippen LogP contribution in [0.2, 0.25) is 0 Å². The van der Waals surface area contributed by atoms with E-state index in [1.807, 2.05) is 18.2 Å². The first-order valence-electron chi connectivity index (χ1n) is 9.75. The third-order valence-electron chi connectivity index (χ3n) is 4.63. The van der Waals surface area contributed by atoms with Gasteiger partial charge in [0.25, 0.3) is 5.56 Å². The van der Waals surface area contributed by atoms with E-state index >= 15 is 0 Å². The lowest BCUT2D eigenvalue weighted by Gasteiger charge is -2.10. The summed E-state index contributed by atoms with van der Waals surface area (Å²) < 4.78 is 7.01. The third-order valence-corrected chi connectivity index (χ3v) is 4.63. The van der Waals surface area contributed by atoms with Crippen molar-refractivity contribution < 1.29 is 9.53 Å². The first-order valence-corrected chi connectivity index (χ1v) is 9.75. The van der Waals surface area contributed by atoms with Crippen molar-refractivity contribution in [2.24, 2.45) is 0 Å². The second-order valence-electron chi connectivity index (χ2n) is 6.73. The molecule has 152 valence electrons. The van der Waals surface area contributed by atoms with E-state index in [9.17, 15) is 14.4 Å². The van der Waals surface area contributed by atoms with E-state index in [2.05, 4.69) is 22.4 Å². The molecule has 0 spiro atoms. The molecule has 0 bridgehead atoms. The van der Waals surface area contributed by atoms with E-state index in [4.69, 9.17) is 4.74 Å². The summed E-state index contributed by atoms with van der Waals surface area (Å²) in [5.41, 5.74) is 0.846. The molecule has 1 aromatic heterocycles. The number of amides is 1. The van der Waals surface area contributed by atoms with Crippen LogP contribution in [0.5, 0.6) is 0 Å². The fourth-order valence-corrected chi connectivity index (χ4v) is 3.10. The first-order chi connectivity index (χ1) is 14.1. The highest BCUT2D eigenvalue weighted by molar-refractivity contribution is 5.78. The minimum atomic E-state index is -0.506. The highest BCUT2D eigenvalue weighted by Gasteiger charge is 2.08. The van der Waals surface area contributed by atoms with E-state index < -0.39 is 11.2 Å². The number of hydrogen-bond acceptors (Lipinski definition) is 4. The number of para-hydroxylation sites is 1. The summed E-state index contributed by atoms with van der Waals surface area (Å²) in [5.74, 6) is -0.142. The second-order valence-corrected chi connectivity index (χ2v) is 6.73. The van der Waals surface area contributed by atoms with Crippen molar-refractivity contribution in [1.29, 1.82) is 0 Å². The molecule has 2 N–H and O–H groups in total. The lowest BCUT2D eigenvalue weighted by atomic mass is 10.2. The molecule has 0 fully saturated rings. The number of fused-ring (bicyclic) bond motifs is 1. The van der Waals surface area contributed by atoms with E-state index in [1.165, 1.54) is 10.1 Å². The van der Waals surface area contributed by atoms with Crippen LogP contribution in [0.15, 0.2) is 64.2 Å². The van der Waals surface area contributed by atoms with Gasteiger partial charge >= 0.3 is 5.69 Å². The summed E-state index contributed by atoms with van der Waals surface area (Å²) in [6.45, 7) is 1.96. The molecule has 0 saturated carbocycles. The molecule has 0 aliphatic rings. The Bertz CT molecular complexity index is 1060. The molecule has 0 unspecified atom stereocenters. The Kier molecular flexibility index (Phi) is 7.35. The normalized spacial score (nSPS) is 10.9. The zero-order valence-corrected chi connectivity index (χ0v) is 16.2. The molecule has 0 atom stereocenters. The third kappa shape index (κ3) is 5.89. The van der Waals surface area contributed by atoms with Crippen molar-refractivity contribution in [2.45, 2.75) is 25.8 Å². The highest BCUT2D eigenvalue weighted by atomic mass is 16.5. The van der Waals surface area contributed by atoms with Gasteiger partial charge in [-0.15, -0.1) is 0 Å². The van der Waals surface area contributed by atoms with Crippen LogP contribution >= 0.6 is 0 Å². The standard InChI is InChI=1S/C22H25N3O4/c26-20(23-13-6-15-29-16-12-17-7-2-1-3-8-17)11-14-25-19-10-5-4-9-18(19)21(27)24-22(25)28/h1-5,7-10H,6,11-16H2,(H,23,26)(H,24,27,28). The predicted molar refractivity (Wildman–Crippen MR) is 112 cm³/mol. The predicted octanol–water partition coefficient (Wildman–Crippen LogP) is 1.85. The molecular formula is C22H25N3O4. The summed E-state index contributed by atoms with van der Waals surface area (Å²) in [5, 5.41) is 3.26. The van der Waals surface area contributed by atoms with Crippen LogP contribution in [0, 0.1) is 0 Å². The van der Waals surface area contributed by atoms with E-state index in [0.717, 1.165) is 12.8 Å². The molecule has 0 saturated heterocycles. The maximum atomic E-state index is 12.1. The smallest absolute Gasteiger partial charge is 0.328 e. The van der Waals surface area contributed by atoms with Gasteiger partial charge < -0.3 is 10.1 Å². The quantitative estimate of drug-likeness (QED) is 0.513. The Morgan fingerprint density at radius 2 is 1.76 bits per heavy atom. The summed E-state index contributed by atoms with van der Waals surface area (Å²) >= 11 is 0. The second kappa shape index (κ2) is 10.4. The lowest BCUT2D eigenvalue weighted by molar-refractivity contribution is -0.121. The number of carbonyl (C=O) groups is 1. The number of hydrogen-bond donors (Lipinski definition) is 2. The lowest BCUT2D eigenvalue weighted by Crippen LogP contribution is -2.32. The van der Waals surface area contributed by atoms with Gasteiger partial charge in [0.15, 0.2) is 0 Å². The van der Waals surface area contributed by atoms with Crippen molar-refractivity contribution in [3.63, 3.8) is 0 Å². The zero-order valence-electron chi connectivity index (χ0n) is 16.2. The number of nitrogens with zero attached hydrogens (tertiary/aromatic N) is 1. The molecule has 3 rings (SSSR count).